The lowest BCUT2D eigenvalue weighted by Gasteiger charge is -2.08. The smallest absolute Gasteiger partial charge is 0.310 e. The molecule has 0 radical (unpaired) electrons. The summed E-state index contributed by atoms with van der Waals surface area (Å²) in [4.78, 5) is 10.8. The van der Waals surface area contributed by atoms with Gasteiger partial charge < -0.3 is 10.8 Å². The van der Waals surface area contributed by atoms with E-state index in [9.17, 15) is 4.79 Å². The number of nitrogens with two attached hydrogens (primary N) is 1. The van der Waals surface area contributed by atoms with Crippen molar-refractivity contribution in [1.29, 1.82) is 0 Å². The van der Waals surface area contributed by atoms with E-state index >= 15 is 0 Å². The SMILES string of the molecule is CC(N)CCSCc1ccc(C(C)C(=O)O)cc1. The van der Waals surface area contributed by atoms with E-state index in [1.165, 1.54) is 5.56 Å². The Morgan fingerprint density at radius 1 is 1.33 bits per heavy atom. The monoisotopic (exact) mass is 267 g/mol. The van der Waals surface area contributed by atoms with Crippen LogP contribution in [0, 0.1) is 0 Å². The number of aliphatic carboxylic acids is 1. The molecule has 1 rings (SSSR count). The molecule has 0 amide bonds. The van der Waals surface area contributed by atoms with Gasteiger partial charge in [0.25, 0.3) is 0 Å². The zero-order valence-corrected chi connectivity index (χ0v) is 11.7. The van der Waals surface area contributed by atoms with Crippen LogP contribution in [0.2, 0.25) is 0 Å². The van der Waals surface area contributed by atoms with E-state index in [1.54, 1.807) is 6.92 Å². The molecule has 0 aliphatic carbocycles. The molecule has 0 heterocycles. The van der Waals surface area contributed by atoms with Crippen LogP contribution in [0.1, 0.15) is 37.3 Å². The summed E-state index contributed by atoms with van der Waals surface area (Å²) in [6, 6.07) is 8.08. The van der Waals surface area contributed by atoms with Crippen LogP contribution >= 0.6 is 11.8 Å². The summed E-state index contributed by atoms with van der Waals surface area (Å²) in [6.45, 7) is 3.72. The molecule has 2 unspecified atom stereocenters. The van der Waals surface area contributed by atoms with E-state index in [4.69, 9.17) is 10.8 Å². The normalized spacial score (nSPS) is 14.2. The van der Waals surface area contributed by atoms with Crippen LogP contribution in [0.4, 0.5) is 0 Å². The molecule has 0 aliphatic heterocycles. The third kappa shape index (κ3) is 5.10. The number of carboxylic acid groups (broad SMARTS) is 1. The van der Waals surface area contributed by atoms with E-state index in [0.29, 0.717) is 0 Å². The lowest BCUT2D eigenvalue weighted by Crippen LogP contribution is -2.15. The number of thioether (sulfide) groups is 1. The van der Waals surface area contributed by atoms with E-state index in [0.717, 1.165) is 23.5 Å². The van der Waals surface area contributed by atoms with E-state index in [1.807, 2.05) is 43.0 Å². The molecule has 18 heavy (non-hydrogen) atoms. The molecule has 0 saturated heterocycles. The molecule has 0 bridgehead atoms. The van der Waals surface area contributed by atoms with Crippen molar-refractivity contribution in [2.75, 3.05) is 5.75 Å². The maximum absolute atomic E-state index is 10.8. The summed E-state index contributed by atoms with van der Waals surface area (Å²) in [7, 11) is 0. The van der Waals surface area contributed by atoms with Crippen LogP contribution < -0.4 is 5.73 Å². The first-order valence-electron chi connectivity index (χ1n) is 6.15. The first-order valence-corrected chi connectivity index (χ1v) is 7.31. The van der Waals surface area contributed by atoms with Crippen molar-refractivity contribution in [2.24, 2.45) is 5.73 Å². The Balaban J connectivity index is 2.43. The van der Waals surface area contributed by atoms with Gasteiger partial charge in [0, 0.05) is 11.8 Å². The molecule has 2 atom stereocenters. The fourth-order valence-corrected chi connectivity index (χ4v) is 2.62. The first-order chi connectivity index (χ1) is 8.50. The summed E-state index contributed by atoms with van der Waals surface area (Å²) in [5.74, 6) is 0.790. The van der Waals surface area contributed by atoms with Gasteiger partial charge in [0.2, 0.25) is 0 Å². The maximum atomic E-state index is 10.8. The molecule has 0 saturated carbocycles. The molecular weight excluding hydrogens is 246 g/mol. The summed E-state index contributed by atoms with van der Waals surface area (Å²) >= 11 is 1.86. The van der Waals surface area contributed by atoms with Crippen molar-refractivity contribution < 1.29 is 9.90 Å². The molecule has 1 aromatic carbocycles. The van der Waals surface area contributed by atoms with Gasteiger partial charge in [0.15, 0.2) is 0 Å². The second-order valence-electron chi connectivity index (χ2n) is 4.62. The fraction of sp³-hybridized carbons (Fsp3) is 0.500. The number of carbonyl (C=O) groups is 1. The second-order valence-corrected chi connectivity index (χ2v) is 5.73. The van der Waals surface area contributed by atoms with Crippen molar-refractivity contribution in [2.45, 2.75) is 38.0 Å². The highest BCUT2D eigenvalue weighted by Crippen LogP contribution is 2.19. The highest BCUT2D eigenvalue weighted by molar-refractivity contribution is 7.98. The van der Waals surface area contributed by atoms with Gasteiger partial charge in [-0.3, -0.25) is 4.79 Å². The molecular formula is C14H21NO2S. The molecule has 4 heteroatoms. The third-order valence-corrected chi connectivity index (χ3v) is 3.90. The molecule has 0 spiro atoms. The average Bonchev–Trinajstić information content (AvgIpc) is 2.34. The van der Waals surface area contributed by atoms with Gasteiger partial charge in [-0.1, -0.05) is 24.3 Å². The standard InChI is InChI=1S/C14H21NO2S/c1-10(15)7-8-18-9-12-3-5-13(6-4-12)11(2)14(16)17/h3-6,10-11H,7-9,15H2,1-2H3,(H,16,17). The Bertz CT molecular complexity index is 376. The van der Waals surface area contributed by atoms with Crippen LogP contribution in [-0.4, -0.2) is 22.9 Å². The Morgan fingerprint density at radius 3 is 2.44 bits per heavy atom. The minimum Gasteiger partial charge on any atom is -0.481 e. The van der Waals surface area contributed by atoms with Crippen LogP contribution in [0.15, 0.2) is 24.3 Å². The minimum absolute atomic E-state index is 0.260. The van der Waals surface area contributed by atoms with Gasteiger partial charge in [0.05, 0.1) is 5.92 Å². The fourth-order valence-electron chi connectivity index (χ4n) is 1.50. The molecule has 100 valence electrons. The van der Waals surface area contributed by atoms with Gasteiger partial charge in [-0.15, -0.1) is 0 Å². The van der Waals surface area contributed by atoms with Crippen molar-refractivity contribution >= 4 is 17.7 Å². The summed E-state index contributed by atoms with van der Waals surface area (Å²) in [6.07, 6.45) is 1.03. The minimum atomic E-state index is -0.783. The molecule has 0 aliphatic rings. The predicted octanol–water partition coefficient (Wildman–Crippen LogP) is 2.85. The van der Waals surface area contributed by atoms with Crippen LogP contribution in [0.3, 0.4) is 0 Å². The maximum Gasteiger partial charge on any atom is 0.310 e. The van der Waals surface area contributed by atoms with Gasteiger partial charge >= 0.3 is 5.97 Å². The number of hydrogen-bond acceptors (Lipinski definition) is 3. The van der Waals surface area contributed by atoms with Crippen LogP contribution in [0.25, 0.3) is 0 Å². The predicted molar refractivity (Wildman–Crippen MR) is 76.9 cm³/mol. The first kappa shape index (κ1) is 15.1. The number of carboxylic acids is 1. The number of benzene rings is 1. The molecule has 3 N–H and O–H groups in total. The molecule has 1 aromatic rings. The Kier molecular flexibility index (Phi) is 6.22. The molecule has 3 nitrogen and oxygen atoms in total. The van der Waals surface area contributed by atoms with E-state index in [-0.39, 0.29) is 6.04 Å². The van der Waals surface area contributed by atoms with E-state index in [2.05, 4.69) is 0 Å². The highest BCUT2D eigenvalue weighted by atomic mass is 32.2. The highest BCUT2D eigenvalue weighted by Gasteiger charge is 2.12. The second kappa shape index (κ2) is 7.44. The van der Waals surface area contributed by atoms with Crippen LogP contribution in [0.5, 0.6) is 0 Å². The molecule has 0 fully saturated rings. The lowest BCUT2D eigenvalue weighted by molar-refractivity contribution is -0.138. The van der Waals surface area contributed by atoms with Crippen molar-refractivity contribution in [3.63, 3.8) is 0 Å². The van der Waals surface area contributed by atoms with Crippen molar-refractivity contribution in [3.05, 3.63) is 35.4 Å². The largest absolute Gasteiger partial charge is 0.481 e. The zero-order valence-electron chi connectivity index (χ0n) is 10.9. The number of hydrogen-bond donors (Lipinski definition) is 2. The van der Waals surface area contributed by atoms with Gasteiger partial charge in [-0.25, -0.2) is 0 Å². The quantitative estimate of drug-likeness (QED) is 0.746. The van der Waals surface area contributed by atoms with Gasteiger partial charge in [0.1, 0.15) is 0 Å². The van der Waals surface area contributed by atoms with Crippen LogP contribution in [-0.2, 0) is 10.5 Å². The zero-order chi connectivity index (χ0) is 13.5. The van der Waals surface area contributed by atoms with Crippen molar-refractivity contribution in [1.82, 2.24) is 0 Å². The summed E-state index contributed by atoms with van der Waals surface area (Å²) in [5, 5.41) is 8.91. The summed E-state index contributed by atoms with van der Waals surface area (Å²) in [5.41, 5.74) is 7.77. The lowest BCUT2D eigenvalue weighted by atomic mass is 10.0. The number of rotatable bonds is 7. The molecule has 0 aromatic heterocycles. The topological polar surface area (TPSA) is 63.3 Å². The average molecular weight is 267 g/mol. The third-order valence-electron chi connectivity index (χ3n) is 2.84. The Morgan fingerprint density at radius 2 is 1.94 bits per heavy atom. The Labute approximate surface area is 113 Å². The van der Waals surface area contributed by atoms with E-state index < -0.39 is 11.9 Å². The van der Waals surface area contributed by atoms with Crippen molar-refractivity contribution in [3.8, 4) is 0 Å². The van der Waals surface area contributed by atoms with Gasteiger partial charge in [-0.05, 0) is 37.1 Å². The van der Waals surface area contributed by atoms with Gasteiger partial charge in [-0.2, -0.15) is 11.8 Å². The Hall–Kier alpha value is -1.00. The summed E-state index contributed by atoms with van der Waals surface area (Å²) < 4.78 is 0.